The topological polar surface area (TPSA) is 71.9 Å². The molecule has 0 unspecified atom stereocenters. The molecule has 0 aromatic heterocycles. The quantitative estimate of drug-likeness (QED) is 0.689. The van der Waals surface area contributed by atoms with E-state index in [2.05, 4.69) is 10.6 Å². The second-order valence-electron chi connectivity index (χ2n) is 6.93. The van der Waals surface area contributed by atoms with Gasteiger partial charge in [0, 0.05) is 24.4 Å². The van der Waals surface area contributed by atoms with Crippen molar-refractivity contribution in [2.75, 3.05) is 32.1 Å². The molecule has 1 fully saturated rings. The summed E-state index contributed by atoms with van der Waals surface area (Å²) in [7, 11) is 1.58. The third kappa shape index (κ3) is 5.47. The Kier molecular flexibility index (Phi) is 6.90. The van der Waals surface area contributed by atoms with Gasteiger partial charge in [-0.3, -0.25) is 9.59 Å². The summed E-state index contributed by atoms with van der Waals surface area (Å²) < 4.78 is 5.17. The number of nitrogens with one attached hydrogen (secondary N) is 3. The zero-order valence-corrected chi connectivity index (χ0v) is 16.6. The van der Waals surface area contributed by atoms with Crippen molar-refractivity contribution in [1.82, 2.24) is 5.32 Å². The highest BCUT2D eigenvalue weighted by Crippen LogP contribution is 2.20. The maximum Gasteiger partial charge on any atom is 0.279 e. The van der Waals surface area contributed by atoms with Crippen LogP contribution >= 0.6 is 11.6 Å². The smallest absolute Gasteiger partial charge is 0.279 e. The molecule has 1 heterocycles. The molecule has 0 bridgehead atoms. The minimum Gasteiger partial charge on any atom is -0.497 e. The summed E-state index contributed by atoms with van der Waals surface area (Å²) in [5, 5.41) is 6.47. The van der Waals surface area contributed by atoms with Crippen LogP contribution in [0.25, 0.3) is 0 Å². The molecule has 28 heavy (non-hydrogen) atoms. The number of carbonyl (C=O) groups excluding carboxylic acids is 2. The number of likely N-dealkylation sites (tertiary alicyclic amines) is 1. The van der Waals surface area contributed by atoms with Crippen LogP contribution in [-0.4, -0.2) is 44.6 Å². The highest BCUT2D eigenvalue weighted by molar-refractivity contribution is 6.33. The van der Waals surface area contributed by atoms with Crippen LogP contribution in [0.1, 0.15) is 23.2 Å². The molecule has 3 rings (SSSR count). The van der Waals surface area contributed by atoms with Crippen LogP contribution < -0.4 is 20.3 Å². The summed E-state index contributed by atoms with van der Waals surface area (Å²) in [6.45, 7) is 2.06. The molecule has 2 amide bonds. The van der Waals surface area contributed by atoms with Crippen molar-refractivity contribution in [2.24, 2.45) is 0 Å². The number of piperidine rings is 1. The van der Waals surface area contributed by atoms with E-state index in [9.17, 15) is 9.59 Å². The second kappa shape index (κ2) is 9.57. The predicted octanol–water partition coefficient (Wildman–Crippen LogP) is 1.76. The van der Waals surface area contributed by atoms with Crippen molar-refractivity contribution in [3.8, 4) is 5.75 Å². The summed E-state index contributed by atoms with van der Waals surface area (Å²) in [6, 6.07) is 14.4. The number of carbonyl (C=O) groups is 2. The van der Waals surface area contributed by atoms with Gasteiger partial charge in [-0.25, -0.2) is 0 Å². The Labute approximate surface area is 169 Å². The van der Waals surface area contributed by atoms with Crippen LogP contribution in [0.4, 0.5) is 5.69 Å². The van der Waals surface area contributed by atoms with Crippen LogP contribution in [0, 0.1) is 0 Å². The monoisotopic (exact) mass is 402 g/mol. The Morgan fingerprint density at radius 2 is 1.89 bits per heavy atom. The maximum atomic E-state index is 12.4. The van der Waals surface area contributed by atoms with Gasteiger partial charge in [-0.1, -0.05) is 29.8 Å². The zero-order valence-electron chi connectivity index (χ0n) is 15.8. The first kappa shape index (κ1) is 20.2. The molecule has 1 saturated heterocycles. The number of methoxy groups -OCH3 is 1. The van der Waals surface area contributed by atoms with E-state index >= 15 is 0 Å². The first-order valence-corrected chi connectivity index (χ1v) is 9.76. The number of hydrogen-bond donors (Lipinski definition) is 3. The van der Waals surface area contributed by atoms with E-state index in [0.29, 0.717) is 28.6 Å². The lowest BCUT2D eigenvalue weighted by Crippen LogP contribution is -3.14. The number of quaternary nitrogens is 1. The second-order valence-corrected chi connectivity index (χ2v) is 7.34. The average molecular weight is 403 g/mol. The molecule has 148 valence electrons. The number of rotatable bonds is 6. The van der Waals surface area contributed by atoms with Gasteiger partial charge >= 0.3 is 0 Å². The lowest BCUT2D eigenvalue weighted by Gasteiger charge is -2.29. The van der Waals surface area contributed by atoms with Crippen molar-refractivity contribution in [3.63, 3.8) is 0 Å². The summed E-state index contributed by atoms with van der Waals surface area (Å²) in [5.41, 5.74) is 1.22. The van der Waals surface area contributed by atoms with Gasteiger partial charge in [0.05, 0.1) is 30.9 Å². The number of amides is 2. The predicted molar refractivity (Wildman–Crippen MR) is 109 cm³/mol. The number of benzene rings is 2. The fourth-order valence-corrected chi connectivity index (χ4v) is 3.55. The van der Waals surface area contributed by atoms with Gasteiger partial charge in [0.25, 0.3) is 11.8 Å². The lowest BCUT2D eigenvalue weighted by atomic mass is 10.0. The minimum absolute atomic E-state index is 0.0537. The Balaban J connectivity index is 1.44. The molecule has 3 N–H and O–H groups in total. The van der Waals surface area contributed by atoms with E-state index in [1.807, 2.05) is 18.2 Å². The number of anilines is 1. The largest absolute Gasteiger partial charge is 0.497 e. The maximum absolute atomic E-state index is 12.4. The standard InChI is InChI=1S/C21H24ClN3O3/c1-28-17-6-4-5-15(13-17)21(27)23-16-9-11-25(12-10-16)14-20(26)24-19-8-3-2-7-18(19)22/h2-8,13,16H,9-12,14H2,1H3,(H,23,27)(H,24,26)/p+1. The lowest BCUT2D eigenvalue weighted by molar-refractivity contribution is -0.897. The van der Waals surface area contributed by atoms with Crippen molar-refractivity contribution in [2.45, 2.75) is 18.9 Å². The van der Waals surface area contributed by atoms with E-state index in [4.69, 9.17) is 16.3 Å². The van der Waals surface area contributed by atoms with Gasteiger partial charge in [0.1, 0.15) is 5.75 Å². The summed E-state index contributed by atoms with van der Waals surface area (Å²) in [6.07, 6.45) is 1.68. The van der Waals surface area contributed by atoms with Crippen LogP contribution in [0.2, 0.25) is 5.02 Å². The van der Waals surface area contributed by atoms with Crippen molar-refractivity contribution < 1.29 is 19.2 Å². The van der Waals surface area contributed by atoms with Gasteiger partial charge in [0.2, 0.25) is 0 Å². The minimum atomic E-state index is -0.0937. The average Bonchev–Trinajstić information content (AvgIpc) is 2.71. The molecule has 0 spiro atoms. The van der Waals surface area contributed by atoms with Crippen LogP contribution in [0.5, 0.6) is 5.75 Å². The SMILES string of the molecule is COc1cccc(C(=O)NC2CC[NH+](CC(=O)Nc3ccccc3Cl)CC2)c1. The molecule has 7 heteroatoms. The van der Waals surface area contributed by atoms with Gasteiger partial charge in [-0.15, -0.1) is 0 Å². The fraction of sp³-hybridized carbons (Fsp3) is 0.333. The Bertz CT molecular complexity index is 835. The van der Waals surface area contributed by atoms with E-state index in [1.165, 1.54) is 4.90 Å². The van der Waals surface area contributed by atoms with Crippen molar-refractivity contribution >= 4 is 29.1 Å². The van der Waals surface area contributed by atoms with Gasteiger partial charge in [-0.05, 0) is 30.3 Å². The summed E-state index contributed by atoms with van der Waals surface area (Å²) >= 11 is 6.08. The van der Waals surface area contributed by atoms with Crippen LogP contribution in [0.3, 0.4) is 0 Å². The molecule has 6 nitrogen and oxygen atoms in total. The summed E-state index contributed by atoms with van der Waals surface area (Å²) in [4.78, 5) is 25.9. The summed E-state index contributed by atoms with van der Waals surface area (Å²) in [5.74, 6) is 0.516. The third-order valence-electron chi connectivity index (χ3n) is 4.92. The molecule has 0 atom stereocenters. The first-order valence-electron chi connectivity index (χ1n) is 9.38. The molecule has 1 aliphatic rings. The molecule has 2 aromatic rings. The molecule has 2 aromatic carbocycles. The van der Waals surface area contributed by atoms with E-state index in [-0.39, 0.29) is 17.9 Å². The van der Waals surface area contributed by atoms with Crippen molar-refractivity contribution in [3.05, 3.63) is 59.1 Å². The molecule has 0 aliphatic carbocycles. The normalized spacial score (nSPS) is 18.9. The fourth-order valence-electron chi connectivity index (χ4n) is 3.36. The molecular formula is C21H25ClN3O3+. The number of ether oxygens (including phenoxy) is 1. The Morgan fingerprint density at radius 3 is 2.61 bits per heavy atom. The number of para-hydroxylation sites is 1. The Hall–Kier alpha value is -2.57. The Morgan fingerprint density at radius 1 is 1.14 bits per heavy atom. The van der Waals surface area contributed by atoms with E-state index in [1.54, 1.807) is 37.4 Å². The van der Waals surface area contributed by atoms with E-state index in [0.717, 1.165) is 25.9 Å². The van der Waals surface area contributed by atoms with Gasteiger partial charge in [0.15, 0.2) is 6.54 Å². The molecule has 0 saturated carbocycles. The highest BCUT2D eigenvalue weighted by atomic mass is 35.5. The van der Waals surface area contributed by atoms with Crippen molar-refractivity contribution in [1.29, 1.82) is 0 Å². The van der Waals surface area contributed by atoms with Gasteiger partial charge in [-0.2, -0.15) is 0 Å². The first-order chi connectivity index (χ1) is 13.5. The molecular weight excluding hydrogens is 378 g/mol. The number of hydrogen-bond acceptors (Lipinski definition) is 3. The van der Waals surface area contributed by atoms with Crippen LogP contribution in [-0.2, 0) is 4.79 Å². The highest BCUT2D eigenvalue weighted by Gasteiger charge is 2.25. The third-order valence-corrected chi connectivity index (χ3v) is 5.25. The number of halogens is 1. The zero-order chi connectivity index (χ0) is 19.9. The molecule has 0 radical (unpaired) electrons. The van der Waals surface area contributed by atoms with E-state index < -0.39 is 0 Å². The van der Waals surface area contributed by atoms with Crippen LogP contribution in [0.15, 0.2) is 48.5 Å². The molecule has 1 aliphatic heterocycles. The van der Waals surface area contributed by atoms with Gasteiger partial charge < -0.3 is 20.3 Å².